The van der Waals surface area contributed by atoms with Gasteiger partial charge in [-0.25, -0.2) is 17.5 Å². The summed E-state index contributed by atoms with van der Waals surface area (Å²) >= 11 is 3.10. The van der Waals surface area contributed by atoms with Crippen LogP contribution in [0.15, 0.2) is 27.6 Å². The number of nitrogens with zero attached hydrogens (tertiary/aromatic N) is 1. The van der Waals surface area contributed by atoms with E-state index < -0.39 is 16.0 Å². The highest BCUT2D eigenvalue weighted by Gasteiger charge is 2.25. The zero-order valence-corrected chi connectivity index (χ0v) is 13.9. The molecule has 21 heavy (non-hydrogen) atoms. The molecule has 0 radical (unpaired) electrons. The molecule has 0 saturated carbocycles. The number of carbonyl (C=O) groups excluding carboxylic acids is 1. The van der Waals surface area contributed by atoms with Crippen molar-refractivity contribution in [3.05, 3.63) is 28.2 Å². The molecule has 0 heterocycles. The van der Waals surface area contributed by atoms with E-state index in [-0.39, 0.29) is 33.8 Å². The number of aromatic carboxylic acids is 1. The normalized spacial score (nSPS) is 11.4. The fourth-order valence-electron chi connectivity index (χ4n) is 1.51. The van der Waals surface area contributed by atoms with Gasteiger partial charge in [0.1, 0.15) is 0 Å². The van der Waals surface area contributed by atoms with Crippen LogP contribution in [0.5, 0.6) is 0 Å². The Balaban J connectivity index is 3.09. The van der Waals surface area contributed by atoms with E-state index in [0.717, 1.165) is 10.4 Å². The van der Waals surface area contributed by atoms with Crippen LogP contribution in [-0.2, 0) is 14.8 Å². The lowest BCUT2D eigenvalue weighted by atomic mass is 10.2. The molecule has 0 aromatic heterocycles. The molecule has 0 saturated heterocycles. The first-order valence-corrected chi connectivity index (χ1v) is 8.13. The highest BCUT2D eigenvalue weighted by molar-refractivity contribution is 9.10. The summed E-state index contributed by atoms with van der Waals surface area (Å²) in [6.45, 7) is -0.00819. The lowest BCUT2D eigenvalue weighted by Gasteiger charge is -2.18. The number of hydrogen-bond donors (Lipinski definition) is 2. The van der Waals surface area contributed by atoms with Gasteiger partial charge in [-0.2, -0.15) is 0 Å². The van der Waals surface area contributed by atoms with Crippen LogP contribution >= 0.6 is 15.9 Å². The maximum Gasteiger partial charge on any atom is 0.335 e. The van der Waals surface area contributed by atoms with Gasteiger partial charge in [0.05, 0.1) is 10.5 Å². The molecule has 0 aliphatic heterocycles. The Kier molecular flexibility index (Phi) is 5.87. The molecule has 1 aromatic carbocycles. The summed E-state index contributed by atoms with van der Waals surface area (Å²) in [6, 6.07) is 3.75. The average Bonchev–Trinajstić information content (AvgIpc) is 2.44. The number of benzene rings is 1. The second-order valence-electron chi connectivity index (χ2n) is 4.20. The summed E-state index contributed by atoms with van der Waals surface area (Å²) < 4.78 is 26.1. The fraction of sp³-hybridized carbons (Fsp3) is 0.333. The Bertz CT molecular complexity index is 660. The maximum absolute atomic E-state index is 12.4. The van der Waals surface area contributed by atoms with Gasteiger partial charge in [-0.3, -0.25) is 4.79 Å². The molecule has 0 aliphatic rings. The van der Waals surface area contributed by atoms with Crippen molar-refractivity contribution in [3.63, 3.8) is 0 Å². The number of nitrogens with one attached hydrogen (secondary N) is 1. The van der Waals surface area contributed by atoms with Gasteiger partial charge < -0.3 is 10.4 Å². The van der Waals surface area contributed by atoms with Crippen molar-refractivity contribution in [1.82, 2.24) is 9.62 Å². The van der Waals surface area contributed by atoms with Gasteiger partial charge in [0.15, 0.2) is 0 Å². The Labute approximate surface area is 131 Å². The molecule has 1 amide bonds. The number of carbonyl (C=O) groups is 2. The van der Waals surface area contributed by atoms with E-state index in [2.05, 4.69) is 21.2 Å². The molecule has 1 aromatic rings. The van der Waals surface area contributed by atoms with Gasteiger partial charge in [-0.1, -0.05) is 0 Å². The van der Waals surface area contributed by atoms with E-state index >= 15 is 0 Å². The molecule has 0 bridgehead atoms. The van der Waals surface area contributed by atoms with Crippen LogP contribution in [0, 0.1) is 0 Å². The number of amides is 1. The van der Waals surface area contributed by atoms with Gasteiger partial charge in [-0.15, -0.1) is 0 Å². The minimum atomic E-state index is -3.89. The smallest absolute Gasteiger partial charge is 0.335 e. The number of carboxylic acids is 1. The summed E-state index contributed by atoms with van der Waals surface area (Å²) in [6.07, 6.45) is 0.0163. The van der Waals surface area contributed by atoms with E-state index in [0.29, 0.717) is 0 Å². The summed E-state index contributed by atoms with van der Waals surface area (Å²) in [5.41, 5.74) is -0.128. The van der Waals surface area contributed by atoms with Crippen LogP contribution in [0.25, 0.3) is 0 Å². The van der Waals surface area contributed by atoms with E-state index in [4.69, 9.17) is 5.11 Å². The minimum absolute atomic E-state index is 0.00819. The molecule has 2 N–H and O–H groups in total. The second kappa shape index (κ2) is 7.01. The zero-order chi connectivity index (χ0) is 16.2. The first-order chi connectivity index (χ1) is 9.70. The second-order valence-corrected chi connectivity index (χ2v) is 7.07. The van der Waals surface area contributed by atoms with Gasteiger partial charge in [0.2, 0.25) is 15.9 Å². The molecule has 0 spiro atoms. The number of rotatable bonds is 6. The van der Waals surface area contributed by atoms with Crippen molar-refractivity contribution >= 4 is 37.8 Å². The lowest BCUT2D eigenvalue weighted by molar-refractivity contribution is -0.120. The molecule has 0 aliphatic carbocycles. The largest absolute Gasteiger partial charge is 0.478 e. The quantitative estimate of drug-likeness (QED) is 0.765. The van der Waals surface area contributed by atoms with Crippen LogP contribution in [0.2, 0.25) is 0 Å². The number of hydrogen-bond acceptors (Lipinski definition) is 4. The van der Waals surface area contributed by atoms with Crippen molar-refractivity contribution < 1.29 is 23.1 Å². The van der Waals surface area contributed by atoms with Crippen LogP contribution in [0.1, 0.15) is 16.8 Å². The topological polar surface area (TPSA) is 104 Å². The third-order valence-electron chi connectivity index (χ3n) is 2.80. The van der Waals surface area contributed by atoms with Gasteiger partial charge in [0.25, 0.3) is 0 Å². The molecule has 0 atom stereocenters. The maximum atomic E-state index is 12.4. The van der Waals surface area contributed by atoms with Crippen molar-refractivity contribution in [3.8, 4) is 0 Å². The molecule has 7 nitrogen and oxygen atoms in total. The lowest BCUT2D eigenvalue weighted by Crippen LogP contribution is -2.31. The molecular formula is C12H15BrN2O5S. The van der Waals surface area contributed by atoms with Crippen LogP contribution in [-0.4, -0.2) is 50.3 Å². The number of carboxylic acid groups (broad SMARTS) is 1. The van der Waals surface area contributed by atoms with Gasteiger partial charge in [0, 0.05) is 31.5 Å². The highest BCUT2D eigenvalue weighted by Crippen LogP contribution is 2.25. The fourth-order valence-corrected chi connectivity index (χ4v) is 3.62. The summed E-state index contributed by atoms with van der Waals surface area (Å²) in [7, 11) is -1.09. The standard InChI is InChI=1S/C12H15BrN2O5S/c1-14-11(16)5-6-15(2)21(19,20)10-7-8(12(17)18)3-4-9(10)13/h3-4,7H,5-6H2,1-2H3,(H,14,16)(H,17,18). The van der Waals surface area contributed by atoms with Gasteiger partial charge >= 0.3 is 5.97 Å². The van der Waals surface area contributed by atoms with E-state index in [1.54, 1.807) is 0 Å². The average molecular weight is 379 g/mol. The van der Waals surface area contributed by atoms with Crippen LogP contribution in [0.4, 0.5) is 0 Å². The predicted molar refractivity (Wildman–Crippen MR) is 79.6 cm³/mol. The Morgan fingerprint density at radius 3 is 2.52 bits per heavy atom. The Morgan fingerprint density at radius 1 is 1.38 bits per heavy atom. The van der Waals surface area contributed by atoms with E-state index in [1.165, 1.54) is 26.2 Å². The highest BCUT2D eigenvalue weighted by atomic mass is 79.9. The minimum Gasteiger partial charge on any atom is -0.478 e. The SMILES string of the molecule is CNC(=O)CCN(C)S(=O)(=O)c1cc(C(=O)O)ccc1Br. The van der Waals surface area contributed by atoms with Crippen LogP contribution in [0.3, 0.4) is 0 Å². The third kappa shape index (κ3) is 4.26. The first kappa shape index (κ1) is 17.6. The van der Waals surface area contributed by atoms with E-state index in [9.17, 15) is 18.0 Å². The van der Waals surface area contributed by atoms with Gasteiger partial charge in [-0.05, 0) is 34.1 Å². The molecule has 116 valence electrons. The third-order valence-corrected chi connectivity index (χ3v) is 5.65. The summed E-state index contributed by atoms with van der Waals surface area (Å²) in [5.74, 6) is -1.50. The molecule has 9 heteroatoms. The van der Waals surface area contributed by atoms with Crippen molar-refractivity contribution in [2.45, 2.75) is 11.3 Å². The molecular weight excluding hydrogens is 364 g/mol. The number of halogens is 1. The first-order valence-electron chi connectivity index (χ1n) is 5.90. The molecule has 1 rings (SSSR count). The van der Waals surface area contributed by atoms with Crippen molar-refractivity contribution in [2.75, 3.05) is 20.6 Å². The predicted octanol–water partition coefficient (Wildman–Crippen LogP) is 0.904. The summed E-state index contributed by atoms with van der Waals surface area (Å²) in [5, 5.41) is 11.3. The zero-order valence-electron chi connectivity index (χ0n) is 11.5. The Morgan fingerprint density at radius 2 is 2.00 bits per heavy atom. The summed E-state index contributed by atoms with van der Waals surface area (Å²) in [4.78, 5) is 22.0. The van der Waals surface area contributed by atoms with Crippen molar-refractivity contribution in [2.24, 2.45) is 0 Å². The monoisotopic (exact) mass is 378 g/mol. The van der Waals surface area contributed by atoms with E-state index in [1.807, 2.05) is 0 Å². The van der Waals surface area contributed by atoms with Crippen LogP contribution < -0.4 is 5.32 Å². The molecule has 0 unspecified atom stereocenters. The molecule has 0 fully saturated rings. The number of sulfonamides is 1. The Hall–Kier alpha value is -1.45. The van der Waals surface area contributed by atoms with Crippen molar-refractivity contribution in [1.29, 1.82) is 0 Å².